The molecule has 0 spiro atoms. The number of nitrogens with one attached hydrogen (secondary N) is 4. The van der Waals surface area contributed by atoms with Crippen molar-refractivity contribution in [2.24, 2.45) is 10.7 Å². The number of benzene rings is 2. The molecule has 2 heterocycles. The van der Waals surface area contributed by atoms with E-state index >= 15 is 0 Å². The minimum Gasteiger partial charge on any atom is -0.491 e. The molecule has 0 aliphatic carbocycles. The summed E-state index contributed by atoms with van der Waals surface area (Å²) in [5.74, 6) is 0.391. The second-order valence-corrected chi connectivity index (χ2v) is 18.0. The number of Topliss-reactive ketones (excluding diaryl/α,β-unsaturated/α-hetero) is 2. The fourth-order valence-corrected chi connectivity index (χ4v) is 7.42. The van der Waals surface area contributed by atoms with Crippen LogP contribution in [0.15, 0.2) is 53.5 Å². The Morgan fingerprint density at radius 2 is 1.18 bits per heavy atom. The number of guanidine groups is 1. The average Bonchev–Trinajstić information content (AvgIpc) is 3.37. The first-order chi connectivity index (χ1) is 35.7. The van der Waals surface area contributed by atoms with Gasteiger partial charge in [0.1, 0.15) is 30.5 Å². The number of aliphatic imine (C=N–C) groups is 1. The Hall–Kier alpha value is -6.68. The van der Waals surface area contributed by atoms with Crippen molar-refractivity contribution in [1.29, 1.82) is 5.41 Å². The van der Waals surface area contributed by atoms with Gasteiger partial charge in [0.25, 0.3) is 5.91 Å². The highest BCUT2D eigenvalue weighted by Gasteiger charge is 2.18. The molecule has 0 unspecified atom stereocenters. The fraction of sp³-hybridized carbons (Fsp3) is 0.490. The molecule has 0 aliphatic rings. The van der Waals surface area contributed by atoms with Crippen molar-refractivity contribution < 1.29 is 38.1 Å². The predicted molar refractivity (Wildman–Crippen MR) is 287 cm³/mol. The van der Waals surface area contributed by atoms with Crippen LogP contribution in [0.4, 0.5) is 22.2 Å². The van der Waals surface area contributed by atoms with Crippen LogP contribution >= 0.6 is 23.2 Å². The van der Waals surface area contributed by atoms with Crippen LogP contribution in [0.2, 0.25) is 10.3 Å². The van der Waals surface area contributed by atoms with Gasteiger partial charge in [-0.05, 0) is 107 Å². The highest BCUT2D eigenvalue weighted by molar-refractivity contribution is 6.32. The third-order valence-electron chi connectivity index (χ3n) is 11.2. The van der Waals surface area contributed by atoms with E-state index < -0.39 is 5.91 Å². The molecule has 12 N–H and O–H groups in total. The number of aryl methyl sites for hydroxylation is 3. The maximum Gasteiger partial charge on any atom is 0.314 e. The van der Waals surface area contributed by atoms with Crippen LogP contribution in [-0.2, 0) is 27.1 Å². The summed E-state index contributed by atoms with van der Waals surface area (Å²) in [6.07, 6.45) is 10.6. The zero-order valence-electron chi connectivity index (χ0n) is 42.2. The molecule has 74 heavy (non-hydrogen) atoms. The molecule has 0 radical (unpaired) electrons. The summed E-state index contributed by atoms with van der Waals surface area (Å²) in [6.45, 7) is 5.41. The van der Waals surface area contributed by atoms with Gasteiger partial charge < -0.3 is 57.9 Å². The molecule has 2 aromatic heterocycles. The number of nitrogen functional groups attached to an aromatic ring is 3. The van der Waals surface area contributed by atoms with Gasteiger partial charge in [-0.3, -0.25) is 24.7 Å². The Balaban J connectivity index is 0.877. The van der Waals surface area contributed by atoms with Crippen LogP contribution in [0, 0.1) is 12.3 Å². The van der Waals surface area contributed by atoms with Crippen molar-refractivity contribution >= 4 is 75.8 Å². The predicted octanol–water partition coefficient (Wildman–Crippen LogP) is 6.79. The van der Waals surface area contributed by atoms with Gasteiger partial charge in [0.2, 0.25) is 0 Å². The third-order valence-corrected chi connectivity index (χ3v) is 11.8. The summed E-state index contributed by atoms with van der Waals surface area (Å²) in [5.41, 5.74) is 25.8. The summed E-state index contributed by atoms with van der Waals surface area (Å²) in [5, 5.41) is 16.2. The molecule has 0 saturated heterocycles. The maximum atomic E-state index is 12.5. The van der Waals surface area contributed by atoms with Gasteiger partial charge in [-0.25, -0.2) is 24.7 Å². The standard InChI is InChI=1S/C51H71Cl2N13O8/c1-34-44(52)63-42(46(55)62-34)41(68)33-37(54)13-5-2-4-11-35-16-20-40(21-17-35)74-32-30-72-28-26-61-51(70)60-25-8-3-6-14-38(67)15-10-27-71-29-31-73-39-22-18-36(19-23-39)12-7-9-24-59-50(58)66-49(69)43-47(56)65-48(57)45(53)64-43/h16-23,54H,2-15,24-33H2,1H3,(H2,55,62)(H4,56,57,65)(H2,60,61,70)(H3,58,59,66,69). The number of rotatable bonds is 36. The van der Waals surface area contributed by atoms with E-state index in [-0.39, 0.29) is 69.1 Å². The topological polar surface area (TPSA) is 333 Å². The number of carbonyl (C=O) groups excluding carboxylic acids is 4. The van der Waals surface area contributed by atoms with Crippen molar-refractivity contribution in [3.8, 4) is 11.5 Å². The Labute approximate surface area is 442 Å². The SMILES string of the molecule is Cc1nc(N)c(C(=O)CC(=N)CCCCCc2ccc(OCCOCCNC(=O)NCCCCCC(=O)CCCOCCOc3ccc(CCCCN=C(N)NC(=O)c4nc(Cl)c(N)nc4N)cc3)cc2)nc1Cl. The van der Waals surface area contributed by atoms with Crippen LogP contribution in [0.25, 0.3) is 0 Å². The number of nitrogens with zero attached hydrogens (tertiary/aromatic N) is 5. The van der Waals surface area contributed by atoms with Crippen LogP contribution in [-0.4, -0.2) is 114 Å². The van der Waals surface area contributed by atoms with E-state index in [2.05, 4.69) is 40.9 Å². The lowest BCUT2D eigenvalue weighted by Gasteiger charge is -2.10. The Morgan fingerprint density at radius 1 is 0.608 bits per heavy atom. The molecule has 2 aromatic carbocycles. The molecular formula is C51H71Cl2N13O8. The van der Waals surface area contributed by atoms with Gasteiger partial charge in [-0.2, -0.15) is 0 Å². The van der Waals surface area contributed by atoms with Gasteiger partial charge in [0, 0.05) is 44.8 Å². The van der Waals surface area contributed by atoms with Crippen LogP contribution in [0.1, 0.15) is 121 Å². The number of unbranched alkanes of at least 4 members (excludes halogenated alkanes) is 5. The lowest BCUT2D eigenvalue weighted by Crippen LogP contribution is -2.38. The number of aromatic nitrogens is 4. The molecule has 0 saturated carbocycles. The molecule has 4 rings (SSSR count). The van der Waals surface area contributed by atoms with E-state index in [0.29, 0.717) is 96.4 Å². The van der Waals surface area contributed by atoms with Gasteiger partial charge in [0.15, 0.2) is 50.9 Å². The number of amides is 3. The minimum absolute atomic E-state index is 0.0172. The number of urea groups is 1. The van der Waals surface area contributed by atoms with E-state index in [1.807, 2.05) is 48.5 Å². The average molecular weight is 1070 g/mol. The largest absolute Gasteiger partial charge is 0.491 e. The number of anilines is 3. The highest BCUT2D eigenvalue weighted by Crippen LogP contribution is 2.20. The van der Waals surface area contributed by atoms with Crippen LogP contribution in [0.5, 0.6) is 11.5 Å². The Morgan fingerprint density at radius 3 is 1.85 bits per heavy atom. The number of ketones is 2. The summed E-state index contributed by atoms with van der Waals surface area (Å²) in [7, 11) is 0. The molecule has 4 aromatic rings. The maximum absolute atomic E-state index is 12.5. The summed E-state index contributed by atoms with van der Waals surface area (Å²) in [4.78, 5) is 69.2. The summed E-state index contributed by atoms with van der Waals surface area (Å²) in [6, 6.07) is 15.5. The summed E-state index contributed by atoms with van der Waals surface area (Å²) < 4.78 is 22.8. The second kappa shape index (κ2) is 33.9. The molecule has 0 aliphatic heterocycles. The van der Waals surface area contributed by atoms with E-state index in [9.17, 15) is 19.2 Å². The molecule has 21 nitrogen and oxygen atoms in total. The van der Waals surface area contributed by atoms with Gasteiger partial charge in [0.05, 0.1) is 31.9 Å². The Bertz CT molecular complexity index is 2450. The highest BCUT2D eigenvalue weighted by atomic mass is 35.5. The van der Waals surface area contributed by atoms with Crippen molar-refractivity contribution in [2.45, 2.75) is 103 Å². The van der Waals surface area contributed by atoms with Gasteiger partial charge >= 0.3 is 6.03 Å². The number of halogens is 2. The van der Waals surface area contributed by atoms with E-state index in [4.69, 9.17) is 70.5 Å². The van der Waals surface area contributed by atoms with E-state index in [1.165, 1.54) is 5.56 Å². The van der Waals surface area contributed by atoms with Gasteiger partial charge in [-0.1, -0.05) is 60.3 Å². The van der Waals surface area contributed by atoms with Crippen molar-refractivity contribution in [1.82, 2.24) is 35.9 Å². The second-order valence-electron chi connectivity index (χ2n) is 17.3. The smallest absolute Gasteiger partial charge is 0.314 e. The molecule has 0 bridgehead atoms. The van der Waals surface area contributed by atoms with E-state index in [1.54, 1.807) is 6.92 Å². The van der Waals surface area contributed by atoms with Crippen LogP contribution in [0.3, 0.4) is 0 Å². The van der Waals surface area contributed by atoms with Crippen molar-refractivity contribution in [3.05, 3.63) is 87.0 Å². The fourth-order valence-electron chi connectivity index (χ4n) is 7.16. The Kier molecular flexibility index (Phi) is 27.5. The van der Waals surface area contributed by atoms with Gasteiger partial charge in [-0.15, -0.1) is 0 Å². The molecular weight excluding hydrogens is 994 g/mol. The first-order valence-corrected chi connectivity index (χ1v) is 25.6. The number of hydrogen-bond acceptors (Lipinski definition) is 17. The normalized spacial score (nSPS) is 11.3. The number of nitrogens with two attached hydrogens (primary N) is 4. The zero-order valence-corrected chi connectivity index (χ0v) is 43.7. The van der Waals surface area contributed by atoms with Crippen LogP contribution < -0.4 is 48.4 Å². The number of ether oxygens (including phenoxy) is 4. The monoisotopic (exact) mass is 1060 g/mol. The van der Waals surface area contributed by atoms with Crippen molar-refractivity contribution in [2.75, 3.05) is 76.5 Å². The first kappa shape index (κ1) is 59.9. The lowest BCUT2D eigenvalue weighted by atomic mass is 10.0. The van der Waals surface area contributed by atoms with Crippen molar-refractivity contribution in [3.63, 3.8) is 0 Å². The first-order valence-electron chi connectivity index (χ1n) is 24.9. The molecule has 402 valence electrons. The number of carbonyl (C=O) groups is 4. The lowest BCUT2D eigenvalue weighted by molar-refractivity contribution is -0.119. The molecule has 23 heteroatoms. The zero-order chi connectivity index (χ0) is 53.5. The molecule has 0 fully saturated rings. The molecule has 3 amide bonds. The summed E-state index contributed by atoms with van der Waals surface area (Å²) >= 11 is 11.8. The molecule has 0 atom stereocenters. The van der Waals surface area contributed by atoms with E-state index in [0.717, 1.165) is 81.3 Å². The third kappa shape index (κ3) is 23.9. The number of hydrogen-bond donors (Lipinski definition) is 8. The quantitative estimate of drug-likeness (QED) is 0.0101. The minimum atomic E-state index is -0.684.